The number of para-hydroxylation sites is 1. The van der Waals surface area contributed by atoms with Crippen LogP contribution in [-0.4, -0.2) is 9.97 Å². The molecule has 0 aliphatic rings. The second kappa shape index (κ2) is 5.01. The van der Waals surface area contributed by atoms with E-state index in [9.17, 15) is 17.6 Å². The van der Waals surface area contributed by atoms with Crippen LogP contribution in [0.4, 0.5) is 17.6 Å². The molecule has 106 valence electrons. The normalized spacial score (nSPS) is 10.9. The lowest BCUT2D eigenvalue weighted by molar-refractivity contribution is 0.344. The highest BCUT2D eigenvalue weighted by Gasteiger charge is 2.23. The largest absolute Gasteiger partial charge is 0.449 e. The van der Waals surface area contributed by atoms with Crippen LogP contribution >= 0.6 is 0 Å². The minimum atomic E-state index is -1.78. The van der Waals surface area contributed by atoms with Crippen molar-refractivity contribution in [1.82, 2.24) is 9.97 Å². The molecule has 0 aliphatic heterocycles. The average molecular weight is 294 g/mol. The standard InChI is InChI=1S/C14H6F4N2O/c15-9-12(10(16)14(18)20-13(9)17)21-8-5-1-3-7-4-2-6-19-11(7)8/h1-6H. The summed E-state index contributed by atoms with van der Waals surface area (Å²) in [4.78, 5) is 6.47. The molecular weight excluding hydrogens is 288 g/mol. The molecule has 0 N–H and O–H groups in total. The minimum Gasteiger partial charge on any atom is -0.449 e. The predicted octanol–water partition coefficient (Wildman–Crippen LogP) is 3.98. The number of ether oxygens (including phenoxy) is 1. The van der Waals surface area contributed by atoms with Crippen LogP contribution in [0.15, 0.2) is 36.5 Å². The van der Waals surface area contributed by atoms with Gasteiger partial charge in [-0.15, -0.1) is 0 Å². The Balaban J connectivity index is 2.16. The lowest BCUT2D eigenvalue weighted by Crippen LogP contribution is -2.03. The smallest absolute Gasteiger partial charge is 0.255 e. The van der Waals surface area contributed by atoms with E-state index in [1.165, 1.54) is 12.3 Å². The zero-order valence-electron chi connectivity index (χ0n) is 10.3. The van der Waals surface area contributed by atoms with Crippen molar-refractivity contribution < 1.29 is 22.3 Å². The lowest BCUT2D eigenvalue weighted by Gasteiger charge is -2.10. The Hall–Kier alpha value is -2.70. The van der Waals surface area contributed by atoms with E-state index >= 15 is 0 Å². The lowest BCUT2D eigenvalue weighted by atomic mass is 10.2. The second-order valence-corrected chi connectivity index (χ2v) is 4.08. The summed E-state index contributed by atoms with van der Waals surface area (Å²) in [5.74, 6) is -8.20. The van der Waals surface area contributed by atoms with Crippen molar-refractivity contribution in [2.45, 2.75) is 0 Å². The molecule has 21 heavy (non-hydrogen) atoms. The van der Waals surface area contributed by atoms with Gasteiger partial charge in [0.1, 0.15) is 5.52 Å². The quantitative estimate of drug-likeness (QED) is 0.529. The third-order valence-corrected chi connectivity index (χ3v) is 2.76. The number of aromatic nitrogens is 2. The summed E-state index contributed by atoms with van der Waals surface area (Å²) < 4.78 is 58.2. The first-order valence-corrected chi connectivity index (χ1v) is 5.79. The van der Waals surface area contributed by atoms with E-state index in [1.54, 1.807) is 24.3 Å². The number of pyridine rings is 2. The predicted molar refractivity (Wildman–Crippen MR) is 65.9 cm³/mol. The van der Waals surface area contributed by atoms with E-state index in [0.29, 0.717) is 10.9 Å². The molecule has 0 saturated carbocycles. The maximum atomic E-state index is 13.5. The highest BCUT2D eigenvalue weighted by Crippen LogP contribution is 2.32. The van der Waals surface area contributed by atoms with Gasteiger partial charge in [0.25, 0.3) is 11.9 Å². The molecule has 3 aromatic rings. The van der Waals surface area contributed by atoms with Crippen molar-refractivity contribution in [2.24, 2.45) is 0 Å². The zero-order valence-corrected chi connectivity index (χ0v) is 10.3. The van der Waals surface area contributed by atoms with Crippen molar-refractivity contribution in [2.75, 3.05) is 0 Å². The van der Waals surface area contributed by atoms with E-state index in [-0.39, 0.29) is 5.75 Å². The van der Waals surface area contributed by atoms with Crippen molar-refractivity contribution in [3.8, 4) is 11.5 Å². The molecule has 2 aromatic heterocycles. The average Bonchev–Trinajstić information content (AvgIpc) is 2.50. The Morgan fingerprint density at radius 2 is 1.52 bits per heavy atom. The Labute approximate surface area is 115 Å². The number of nitrogens with zero attached hydrogens (tertiary/aromatic N) is 2. The number of fused-ring (bicyclic) bond motifs is 1. The fourth-order valence-electron chi connectivity index (χ4n) is 1.83. The molecule has 3 nitrogen and oxygen atoms in total. The molecule has 0 aliphatic carbocycles. The van der Waals surface area contributed by atoms with E-state index in [4.69, 9.17) is 4.74 Å². The molecule has 0 saturated heterocycles. The van der Waals surface area contributed by atoms with Gasteiger partial charge in [-0.1, -0.05) is 18.2 Å². The van der Waals surface area contributed by atoms with Gasteiger partial charge in [0, 0.05) is 11.6 Å². The van der Waals surface area contributed by atoms with Gasteiger partial charge in [-0.3, -0.25) is 4.98 Å². The molecular formula is C14H6F4N2O. The number of halogens is 4. The molecule has 0 spiro atoms. The van der Waals surface area contributed by atoms with Crippen LogP contribution in [0, 0.1) is 23.5 Å². The molecule has 7 heteroatoms. The highest BCUT2D eigenvalue weighted by atomic mass is 19.2. The highest BCUT2D eigenvalue weighted by molar-refractivity contribution is 5.84. The van der Waals surface area contributed by atoms with Crippen LogP contribution in [0.1, 0.15) is 0 Å². The number of hydrogen-bond donors (Lipinski definition) is 0. The molecule has 0 bridgehead atoms. The molecule has 0 unspecified atom stereocenters. The molecule has 0 amide bonds. The summed E-state index contributed by atoms with van der Waals surface area (Å²) in [5, 5.41) is 0.644. The van der Waals surface area contributed by atoms with Gasteiger partial charge in [-0.2, -0.15) is 22.5 Å². The Morgan fingerprint density at radius 3 is 2.24 bits per heavy atom. The topological polar surface area (TPSA) is 35.0 Å². The van der Waals surface area contributed by atoms with Crippen molar-refractivity contribution >= 4 is 10.9 Å². The Bertz CT molecular complexity index is 807. The molecule has 2 heterocycles. The number of hydrogen-bond acceptors (Lipinski definition) is 3. The summed E-state index contributed by atoms with van der Waals surface area (Å²) in [7, 11) is 0. The molecule has 0 atom stereocenters. The zero-order chi connectivity index (χ0) is 15.0. The van der Waals surface area contributed by atoms with Crippen LogP contribution in [0.5, 0.6) is 11.5 Å². The number of rotatable bonds is 2. The number of benzene rings is 1. The summed E-state index contributed by atoms with van der Waals surface area (Å²) in [6.45, 7) is 0. The van der Waals surface area contributed by atoms with Crippen molar-refractivity contribution in [3.05, 3.63) is 60.1 Å². The molecule has 0 radical (unpaired) electrons. The van der Waals surface area contributed by atoms with Gasteiger partial charge >= 0.3 is 0 Å². The maximum Gasteiger partial charge on any atom is 0.255 e. The van der Waals surface area contributed by atoms with Gasteiger partial charge in [0.05, 0.1) is 0 Å². The first-order chi connectivity index (χ1) is 10.1. The fourth-order valence-corrected chi connectivity index (χ4v) is 1.83. The molecule has 1 aromatic carbocycles. The maximum absolute atomic E-state index is 13.5. The molecule has 3 rings (SSSR count). The van der Waals surface area contributed by atoms with Crippen LogP contribution in [0.25, 0.3) is 10.9 Å². The fraction of sp³-hybridized carbons (Fsp3) is 0. The first-order valence-electron chi connectivity index (χ1n) is 5.79. The Kier molecular flexibility index (Phi) is 3.17. The van der Waals surface area contributed by atoms with E-state index in [1.807, 2.05) is 0 Å². The monoisotopic (exact) mass is 294 g/mol. The van der Waals surface area contributed by atoms with E-state index < -0.39 is 29.3 Å². The van der Waals surface area contributed by atoms with Crippen LogP contribution in [0.3, 0.4) is 0 Å². The summed E-state index contributed by atoms with van der Waals surface area (Å²) in [6, 6.07) is 8.01. The SMILES string of the molecule is Fc1nc(F)c(F)c(Oc2cccc3cccnc23)c1F. The summed E-state index contributed by atoms with van der Waals surface area (Å²) >= 11 is 0. The van der Waals surface area contributed by atoms with Gasteiger partial charge in [-0.25, -0.2) is 0 Å². The van der Waals surface area contributed by atoms with Crippen LogP contribution in [-0.2, 0) is 0 Å². The second-order valence-electron chi connectivity index (χ2n) is 4.08. The van der Waals surface area contributed by atoms with Crippen LogP contribution < -0.4 is 4.74 Å². The third-order valence-electron chi connectivity index (χ3n) is 2.76. The minimum absolute atomic E-state index is 0.0316. The van der Waals surface area contributed by atoms with E-state index in [2.05, 4.69) is 9.97 Å². The summed E-state index contributed by atoms with van der Waals surface area (Å²) in [6.07, 6.45) is 1.45. The van der Waals surface area contributed by atoms with Gasteiger partial charge in [-0.05, 0) is 12.1 Å². The molecule has 0 fully saturated rings. The van der Waals surface area contributed by atoms with Gasteiger partial charge < -0.3 is 4.74 Å². The van der Waals surface area contributed by atoms with Crippen LogP contribution in [0.2, 0.25) is 0 Å². The van der Waals surface area contributed by atoms with Gasteiger partial charge in [0.2, 0.25) is 17.4 Å². The van der Waals surface area contributed by atoms with Crippen molar-refractivity contribution in [1.29, 1.82) is 0 Å². The summed E-state index contributed by atoms with van der Waals surface area (Å²) in [5.41, 5.74) is 0.302. The van der Waals surface area contributed by atoms with E-state index in [0.717, 1.165) is 0 Å². The first kappa shape index (κ1) is 13.3. The van der Waals surface area contributed by atoms with Gasteiger partial charge in [0.15, 0.2) is 5.75 Å². The Morgan fingerprint density at radius 1 is 0.857 bits per heavy atom. The van der Waals surface area contributed by atoms with Crippen molar-refractivity contribution in [3.63, 3.8) is 0 Å². The third kappa shape index (κ3) is 2.26.